The maximum absolute atomic E-state index is 9.98. The summed E-state index contributed by atoms with van der Waals surface area (Å²) in [6, 6.07) is 33.2. The molecule has 0 aromatic heterocycles. The third kappa shape index (κ3) is 8.49. The lowest BCUT2D eigenvalue weighted by molar-refractivity contribution is 0.242. The van der Waals surface area contributed by atoms with Gasteiger partial charge in [0.2, 0.25) is 0 Å². The number of rotatable bonds is 12. The Morgan fingerprint density at radius 2 is 0.558 bits per heavy atom. The number of nitrogens with zero attached hydrogens (tertiary/aromatic N) is 4. The van der Waals surface area contributed by atoms with E-state index in [0.717, 1.165) is 44.5 Å². The SMILES string of the molecule is CCC(C#N)Oc1c2cccc1Cc1cccc(c1OC(C#N)CC)Cc1cccc(c1OC(C#N)CC)Cc1cccc(c1OC(C#N)CC)C2. The second kappa shape index (κ2) is 17.8. The summed E-state index contributed by atoms with van der Waals surface area (Å²) in [5.74, 6) is 2.49. The fourth-order valence-electron chi connectivity index (χ4n) is 6.46. The molecule has 264 valence electrons. The number of ether oxygens (including phenoxy) is 4. The number of para-hydroxylation sites is 4. The van der Waals surface area contributed by atoms with E-state index >= 15 is 0 Å². The van der Waals surface area contributed by atoms with Crippen LogP contribution in [0.5, 0.6) is 23.0 Å². The molecule has 0 spiro atoms. The number of fused-ring (bicyclic) bond motifs is 8. The molecular formula is C44H44N4O4. The van der Waals surface area contributed by atoms with Gasteiger partial charge in [0.05, 0.1) is 0 Å². The number of nitriles is 4. The minimum Gasteiger partial charge on any atom is -0.475 e. The van der Waals surface area contributed by atoms with Crippen molar-refractivity contribution in [2.45, 2.75) is 103 Å². The van der Waals surface area contributed by atoms with Gasteiger partial charge in [-0.2, -0.15) is 21.0 Å². The molecule has 0 saturated carbocycles. The van der Waals surface area contributed by atoms with Crippen LogP contribution in [0.3, 0.4) is 0 Å². The minimum atomic E-state index is -0.662. The Kier molecular flexibility index (Phi) is 12.8. The van der Waals surface area contributed by atoms with E-state index in [2.05, 4.69) is 24.3 Å². The van der Waals surface area contributed by atoms with Crippen molar-refractivity contribution in [3.63, 3.8) is 0 Å². The summed E-state index contributed by atoms with van der Waals surface area (Å²) in [5.41, 5.74) is 6.99. The number of benzene rings is 4. The fraction of sp³-hybridized carbons (Fsp3) is 0.364. The molecule has 4 unspecified atom stereocenters. The van der Waals surface area contributed by atoms with E-state index in [1.165, 1.54) is 0 Å². The first-order chi connectivity index (χ1) is 25.4. The molecule has 1 aliphatic carbocycles. The zero-order valence-corrected chi connectivity index (χ0v) is 30.3. The fourth-order valence-corrected chi connectivity index (χ4v) is 6.46. The van der Waals surface area contributed by atoms with Crippen LogP contribution in [0.1, 0.15) is 97.9 Å². The Bertz CT molecular complexity index is 1670. The van der Waals surface area contributed by atoms with E-state index in [1.54, 1.807) is 0 Å². The van der Waals surface area contributed by atoms with Gasteiger partial charge in [0.25, 0.3) is 0 Å². The molecule has 4 aromatic carbocycles. The first-order valence-electron chi connectivity index (χ1n) is 18.1. The first-order valence-corrected chi connectivity index (χ1v) is 18.1. The average molecular weight is 693 g/mol. The highest BCUT2D eigenvalue weighted by Crippen LogP contribution is 2.40. The second-order valence-electron chi connectivity index (χ2n) is 12.9. The Labute approximate surface area is 307 Å². The Morgan fingerprint density at radius 1 is 0.385 bits per heavy atom. The number of hydrogen-bond acceptors (Lipinski definition) is 8. The second-order valence-corrected chi connectivity index (χ2v) is 12.9. The largest absolute Gasteiger partial charge is 0.475 e. The van der Waals surface area contributed by atoms with Crippen LogP contribution >= 0.6 is 0 Å². The highest BCUT2D eigenvalue weighted by molar-refractivity contribution is 5.56. The third-order valence-electron chi connectivity index (χ3n) is 9.34. The van der Waals surface area contributed by atoms with E-state index in [1.807, 2.05) is 100 Å². The standard InChI is InChI=1S/C44H44N4O4/c1-5-37(25-45)49-41-29-13-9-14-30(41)22-32-16-11-18-34(43(32)51-39(7-3)27-47)24-36-20-12-19-35(44(36)52-40(8-4)28-48)23-33-17-10-15-31(21-29)42(33)50-38(6-2)26-46/h9-20,37-40H,5-8,21-24H2,1-4H3. The maximum Gasteiger partial charge on any atom is 0.184 e. The number of hydrogen-bond donors (Lipinski definition) is 0. The molecule has 0 heterocycles. The van der Waals surface area contributed by atoms with Gasteiger partial charge < -0.3 is 18.9 Å². The molecule has 5 rings (SSSR count). The van der Waals surface area contributed by atoms with Gasteiger partial charge in [-0.15, -0.1) is 0 Å². The van der Waals surface area contributed by atoms with Crippen LogP contribution in [0.2, 0.25) is 0 Å². The van der Waals surface area contributed by atoms with Crippen molar-refractivity contribution in [3.05, 3.63) is 117 Å². The highest BCUT2D eigenvalue weighted by Gasteiger charge is 2.25. The molecule has 8 nitrogen and oxygen atoms in total. The van der Waals surface area contributed by atoms with Crippen molar-refractivity contribution < 1.29 is 18.9 Å². The topological polar surface area (TPSA) is 132 Å². The van der Waals surface area contributed by atoms with Gasteiger partial charge in [0, 0.05) is 25.7 Å². The van der Waals surface area contributed by atoms with Crippen molar-refractivity contribution in [3.8, 4) is 47.3 Å². The maximum atomic E-state index is 9.98. The summed E-state index contributed by atoms with van der Waals surface area (Å²) >= 11 is 0. The van der Waals surface area contributed by atoms with Gasteiger partial charge in [-0.1, -0.05) is 100 Å². The average Bonchev–Trinajstić information content (AvgIpc) is 3.16. The van der Waals surface area contributed by atoms with Gasteiger partial charge in [0.1, 0.15) is 47.3 Å². The Balaban J connectivity index is 1.82. The van der Waals surface area contributed by atoms with Crippen LogP contribution in [0.15, 0.2) is 72.8 Å². The summed E-state index contributed by atoms with van der Waals surface area (Å²) < 4.78 is 26.0. The quantitative estimate of drug-likeness (QED) is 0.126. The molecule has 0 saturated heterocycles. The third-order valence-corrected chi connectivity index (χ3v) is 9.34. The molecule has 4 aromatic rings. The van der Waals surface area contributed by atoms with E-state index in [4.69, 9.17) is 18.9 Å². The summed E-state index contributed by atoms with van der Waals surface area (Å²) in [4.78, 5) is 0. The van der Waals surface area contributed by atoms with Crippen molar-refractivity contribution in [1.82, 2.24) is 0 Å². The lowest BCUT2D eigenvalue weighted by Crippen LogP contribution is -2.18. The van der Waals surface area contributed by atoms with Gasteiger partial charge >= 0.3 is 0 Å². The predicted molar refractivity (Wildman–Crippen MR) is 198 cm³/mol. The van der Waals surface area contributed by atoms with E-state index in [0.29, 0.717) is 74.4 Å². The molecule has 0 N–H and O–H groups in total. The van der Waals surface area contributed by atoms with Crippen molar-refractivity contribution in [1.29, 1.82) is 21.0 Å². The molecule has 0 amide bonds. The monoisotopic (exact) mass is 692 g/mol. The molecule has 0 aliphatic heterocycles. The molecule has 8 bridgehead atoms. The summed E-state index contributed by atoms with van der Waals surface area (Å²) in [7, 11) is 0. The molecule has 8 heteroatoms. The van der Waals surface area contributed by atoms with Crippen molar-refractivity contribution in [2.24, 2.45) is 0 Å². The van der Waals surface area contributed by atoms with Crippen LogP contribution in [0.25, 0.3) is 0 Å². The molecule has 1 aliphatic rings. The van der Waals surface area contributed by atoms with Gasteiger partial charge in [-0.3, -0.25) is 0 Å². The normalized spacial score (nSPS) is 14.2. The molecule has 52 heavy (non-hydrogen) atoms. The molecular weight excluding hydrogens is 649 g/mol. The molecule has 0 fully saturated rings. The first kappa shape index (κ1) is 37.3. The highest BCUT2D eigenvalue weighted by atomic mass is 16.5. The van der Waals surface area contributed by atoms with Gasteiger partial charge in [-0.05, 0) is 70.2 Å². The Morgan fingerprint density at radius 3 is 0.692 bits per heavy atom. The van der Waals surface area contributed by atoms with Crippen LogP contribution < -0.4 is 18.9 Å². The van der Waals surface area contributed by atoms with E-state index in [-0.39, 0.29) is 0 Å². The lowest BCUT2D eigenvalue weighted by Gasteiger charge is -2.24. The predicted octanol–water partition coefficient (Wildman–Crippen LogP) is 9.09. The van der Waals surface area contributed by atoms with Gasteiger partial charge in [0.15, 0.2) is 24.4 Å². The van der Waals surface area contributed by atoms with Gasteiger partial charge in [-0.25, -0.2) is 0 Å². The van der Waals surface area contributed by atoms with Crippen molar-refractivity contribution >= 4 is 0 Å². The summed E-state index contributed by atoms with van der Waals surface area (Å²) in [6.07, 6.45) is 1.04. The van der Waals surface area contributed by atoms with E-state index in [9.17, 15) is 21.0 Å². The smallest absolute Gasteiger partial charge is 0.184 e. The zero-order valence-electron chi connectivity index (χ0n) is 30.3. The van der Waals surface area contributed by atoms with E-state index < -0.39 is 24.4 Å². The molecule has 0 radical (unpaired) electrons. The van der Waals surface area contributed by atoms with Crippen LogP contribution in [0, 0.1) is 45.3 Å². The van der Waals surface area contributed by atoms with Crippen molar-refractivity contribution in [2.75, 3.05) is 0 Å². The van der Waals surface area contributed by atoms with Crippen LogP contribution in [-0.2, 0) is 25.7 Å². The summed E-state index contributed by atoms with van der Waals surface area (Å²) in [5, 5.41) is 39.9. The zero-order chi connectivity index (χ0) is 37.0. The molecule has 4 atom stereocenters. The lowest BCUT2D eigenvalue weighted by atomic mass is 9.91. The van der Waals surface area contributed by atoms with Crippen LogP contribution in [0.4, 0.5) is 0 Å². The Hall–Kier alpha value is -5.96. The minimum absolute atomic E-state index is 0.418. The summed E-state index contributed by atoms with van der Waals surface area (Å²) in [6.45, 7) is 7.69. The van der Waals surface area contributed by atoms with Crippen LogP contribution in [-0.4, -0.2) is 24.4 Å².